The fourth-order valence-electron chi connectivity index (χ4n) is 2.83. The average molecular weight is 470 g/mol. The Bertz CT molecular complexity index is 533. The summed E-state index contributed by atoms with van der Waals surface area (Å²) in [6, 6.07) is -1.51. The van der Waals surface area contributed by atoms with Crippen LogP contribution in [0, 0.1) is 0 Å². The largest absolute Gasteiger partial charge is 0.480 e. The Kier molecular flexibility index (Phi) is 17.9. The first kappa shape index (κ1) is 30.0. The Morgan fingerprint density at radius 2 is 1.39 bits per heavy atom. The maximum atomic E-state index is 11.9. The highest BCUT2D eigenvalue weighted by molar-refractivity contribution is 7.47. The van der Waals surface area contributed by atoms with Gasteiger partial charge in [-0.25, -0.2) is 9.36 Å². The summed E-state index contributed by atoms with van der Waals surface area (Å²) in [6.45, 7) is 0.0931. The van der Waals surface area contributed by atoms with Gasteiger partial charge in [-0.1, -0.05) is 71.1 Å². The monoisotopic (exact) mass is 469 g/mol. The molecule has 0 spiro atoms. The van der Waals surface area contributed by atoms with E-state index in [1.54, 1.807) is 0 Å². The first-order valence-electron chi connectivity index (χ1n) is 11.1. The third-order valence-electron chi connectivity index (χ3n) is 4.69. The zero-order valence-corrected chi connectivity index (χ0v) is 19.4. The van der Waals surface area contributed by atoms with Crippen LogP contribution in [-0.2, 0) is 23.2 Å². The number of phosphoric ester groups is 1. The van der Waals surface area contributed by atoms with Crippen LogP contribution in [0.15, 0.2) is 0 Å². The lowest BCUT2D eigenvalue weighted by Crippen LogP contribution is -2.43. The van der Waals surface area contributed by atoms with E-state index in [0.717, 1.165) is 19.3 Å². The van der Waals surface area contributed by atoms with Crippen molar-refractivity contribution in [3.8, 4) is 0 Å². The number of phosphoric acid groups is 1. The van der Waals surface area contributed by atoms with Crippen molar-refractivity contribution in [3.63, 3.8) is 0 Å². The maximum absolute atomic E-state index is 11.9. The number of carboxylic acids is 1. The normalized spacial score (nSPS) is 15.2. The van der Waals surface area contributed by atoms with Crippen LogP contribution >= 0.6 is 7.82 Å². The van der Waals surface area contributed by atoms with Crippen LogP contribution in [0.5, 0.6) is 0 Å². The zero-order valence-electron chi connectivity index (χ0n) is 18.5. The molecule has 31 heavy (non-hydrogen) atoms. The van der Waals surface area contributed by atoms with Gasteiger partial charge in [0.15, 0.2) is 6.04 Å². The van der Waals surface area contributed by atoms with E-state index in [4.69, 9.17) is 15.3 Å². The molecule has 184 valence electrons. The molecule has 0 bridgehead atoms. The molecule has 0 aromatic carbocycles. The van der Waals surface area contributed by atoms with Crippen molar-refractivity contribution in [2.75, 3.05) is 19.8 Å². The Morgan fingerprint density at radius 3 is 1.87 bits per heavy atom. The molecule has 5 N–H and O–H groups in total. The Morgan fingerprint density at radius 1 is 0.903 bits per heavy atom. The zero-order chi connectivity index (χ0) is 23.5. The maximum Gasteiger partial charge on any atom is 0.472 e. The number of rotatable bonds is 21. The molecule has 0 aromatic rings. The van der Waals surface area contributed by atoms with Crippen molar-refractivity contribution in [1.82, 2.24) is 5.32 Å². The highest BCUT2D eigenvalue weighted by atomic mass is 31.2. The van der Waals surface area contributed by atoms with Gasteiger partial charge in [-0.2, -0.15) is 0 Å². The number of carbonyl (C=O) groups is 2. The summed E-state index contributed by atoms with van der Waals surface area (Å²) < 4.78 is 20.6. The molecular weight excluding hydrogens is 429 g/mol. The van der Waals surface area contributed by atoms with Crippen LogP contribution in [0.2, 0.25) is 0 Å². The van der Waals surface area contributed by atoms with Crippen molar-refractivity contribution in [2.24, 2.45) is 0 Å². The van der Waals surface area contributed by atoms with Gasteiger partial charge in [0, 0.05) is 6.42 Å². The van der Waals surface area contributed by atoms with Crippen LogP contribution in [-0.4, -0.2) is 64.1 Å². The van der Waals surface area contributed by atoms with E-state index in [0.29, 0.717) is 6.42 Å². The fraction of sp³-hybridized carbons (Fsp3) is 0.900. The third kappa shape index (κ3) is 18.3. The third-order valence-corrected chi connectivity index (χ3v) is 5.64. The molecule has 0 aliphatic heterocycles. The molecule has 1 unspecified atom stereocenters. The van der Waals surface area contributed by atoms with Crippen molar-refractivity contribution in [3.05, 3.63) is 0 Å². The van der Waals surface area contributed by atoms with Gasteiger partial charge in [0.1, 0.15) is 6.10 Å². The molecule has 0 rings (SSSR count). The van der Waals surface area contributed by atoms with E-state index in [1.165, 1.54) is 44.9 Å². The second-order valence-electron chi connectivity index (χ2n) is 7.64. The molecule has 0 saturated carbocycles. The minimum Gasteiger partial charge on any atom is -0.480 e. The Hall–Kier alpha value is -1.03. The van der Waals surface area contributed by atoms with E-state index in [1.807, 2.05) is 0 Å². The topological polar surface area (TPSA) is 163 Å². The highest BCUT2D eigenvalue weighted by Gasteiger charge is 2.28. The minimum absolute atomic E-state index is 0.163. The molecule has 0 aliphatic carbocycles. The molecule has 1 amide bonds. The van der Waals surface area contributed by atoms with Gasteiger partial charge in [-0.05, 0) is 6.42 Å². The second-order valence-corrected chi connectivity index (χ2v) is 9.09. The van der Waals surface area contributed by atoms with E-state index in [2.05, 4.69) is 21.3 Å². The summed E-state index contributed by atoms with van der Waals surface area (Å²) in [5.41, 5.74) is 0. The lowest BCUT2D eigenvalue weighted by Gasteiger charge is -2.18. The van der Waals surface area contributed by atoms with Gasteiger partial charge in [-0.15, -0.1) is 0 Å². The SMILES string of the molecule is CCCCCCCCCCCCCC(=O)N[C@@H](COP(=O)(O)OC[C@H](O)CO)C(=O)O. The number of aliphatic carboxylic acids is 1. The van der Waals surface area contributed by atoms with Gasteiger partial charge in [0.25, 0.3) is 0 Å². The van der Waals surface area contributed by atoms with Crippen LogP contribution in [0.1, 0.15) is 84.0 Å². The van der Waals surface area contributed by atoms with Crippen molar-refractivity contribution in [1.29, 1.82) is 0 Å². The summed E-state index contributed by atoms with van der Waals surface area (Å²) in [5.74, 6) is -1.89. The number of nitrogens with one attached hydrogen (secondary N) is 1. The van der Waals surface area contributed by atoms with E-state index >= 15 is 0 Å². The molecule has 0 radical (unpaired) electrons. The number of aliphatic hydroxyl groups is 2. The summed E-state index contributed by atoms with van der Waals surface area (Å²) in [5, 5.41) is 29.1. The summed E-state index contributed by atoms with van der Waals surface area (Å²) >= 11 is 0. The number of carboxylic acid groups (broad SMARTS) is 1. The van der Waals surface area contributed by atoms with Crippen LogP contribution in [0.3, 0.4) is 0 Å². The molecular formula is C20H40NO9P. The predicted octanol–water partition coefficient (Wildman–Crippen LogP) is 2.74. The molecule has 11 heteroatoms. The van der Waals surface area contributed by atoms with E-state index in [-0.39, 0.29) is 6.42 Å². The summed E-state index contributed by atoms with van der Waals surface area (Å²) in [4.78, 5) is 32.6. The Balaban J connectivity index is 3.95. The number of amides is 1. The lowest BCUT2D eigenvalue weighted by molar-refractivity contribution is -0.142. The number of hydrogen-bond acceptors (Lipinski definition) is 7. The molecule has 0 fully saturated rings. The van der Waals surface area contributed by atoms with Gasteiger partial charge in [0.05, 0.1) is 19.8 Å². The summed E-state index contributed by atoms with van der Waals surface area (Å²) in [6.07, 6.45) is 11.3. The second kappa shape index (κ2) is 18.5. The molecule has 3 atom stereocenters. The fourth-order valence-corrected chi connectivity index (χ4v) is 3.60. The first-order valence-corrected chi connectivity index (χ1v) is 12.6. The van der Waals surface area contributed by atoms with Crippen molar-refractivity contribution >= 4 is 19.7 Å². The molecule has 10 nitrogen and oxygen atoms in total. The molecule has 0 saturated heterocycles. The molecule has 0 aromatic heterocycles. The first-order chi connectivity index (χ1) is 14.7. The van der Waals surface area contributed by atoms with Crippen molar-refractivity contribution in [2.45, 2.75) is 96.1 Å². The summed E-state index contributed by atoms with van der Waals surface area (Å²) in [7, 11) is -4.63. The number of aliphatic hydroxyl groups excluding tert-OH is 2. The number of carbonyl (C=O) groups excluding carboxylic acids is 1. The van der Waals surface area contributed by atoms with Gasteiger partial charge in [0.2, 0.25) is 5.91 Å². The van der Waals surface area contributed by atoms with Gasteiger partial charge >= 0.3 is 13.8 Å². The smallest absolute Gasteiger partial charge is 0.472 e. The minimum atomic E-state index is -4.63. The van der Waals surface area contributed by atoms with Crippen LogP contribution in [0.4, 0.5) is 0 Å². The lowest BCUT2D eigenvalue weighted by atomic mass is 10.1. The Labute approximate surface area is 184 Å². The molecule has 0 aliphatic rings. The average Bonchev–Trinajstić information content (AvgIpc) is 2.73. The highest BCUT2D eigenvalue weighted by Crippen LogP contribution is 2.43. The predicted molar refractivity (Wildman–Crippen MR) is 115 cm³/mol. The number of hydrogen-bond donors (Lipinski definition) is 5. The van der Waals surface area contributed by atoms with Crippen LogP contribution in [0.25, 0.3) is 0 Å². The molecule has 0 heterocycles. The number of unbranched alkanes of at least 4 members (excludes halogenated alkanes) is 10. The van der Waals surface area contributed by atoms with E-state index < -0.39 is 51.7 Å². The quantitative estimate of drug-likeness (QED) is 0.126. The van der Waals surface area contributed by atoms with Gasteiger partial charge in [-0.3, -0.25) is 13.8 Å². The van der Waals surface area contributed by atoms with Crippen molar-refractivity contribution < 1.29 is 43.4 Å². The van der Waals surface area contributed by atoms with Gasteiger partial charge < -0.3 is 25.5 Å². The van der Waals surface area contributed by atoms with Crippen LogP contribution < -0.4 is 5.32 Å². The van der Waals surface area contributed by atoms with E-state index in [9.17, 15) is 19.0 Å². The standard InChI is InChI=1S/C20H40NO9P/c1-2-3-4-5-6-7-8-9-10-11-12-13-19(24)21-18(20(25)26)16-30-31(27,28)29-15-17(23)14-22/h17-18,22-23H,2-16H2,1H3,(H,21,24)(H,25,26)(H,27,28)/t17-,18+/m1/s1.